The van der Waals surface area contributed by atoms with Crippen LogP contribution in [-0.4, -0.2) is 54.8 Å². The Morgan fingerprint density at radius 1 is 0.952 bits per heavy atom. The van der Waals surface area contributed by atoms with Crippen molar-refractivity contribution < 1.29 is 4.74 Å². The van der Waals surface area contributed by atoms with Crippen LogP contribution in [0.1, 0.15) is 47.1 Å². The number of aromatic nitrogens is 3. The van der Waals surface area contributed by atoms with Crippen LogP contribution >= 0.6 is 0 Å². The maximum absolute atomic E-state index is 13.6. The van der Waals surface area contributed by atoms with Gasteiger partial charge in [-0.3, -0.25) is 9.36 Å². The molecule has 1 N–H and O–H groups in total. The number of nitrogens with one attached hydrogen (secondary N) is 1. The highest BCUT2D eigenvalue weighted by Crippen LogP contribution is 2.41. The highest BCUT2D eigenvalue weighted by Gasteiger charge is 2.41. The van der Waals surface area contributed by atoms with Crippen molar-refractivity contribution in [2.75, 3.05) is 32.6 Å². The molecule has 0 fully saturated rings. The van der Waals surface area contributed by atoms with Gasteiger partial charge in [0.05, 0.1) is 11.1 Å². The maximum Gasteiger partial charge on any atom is 0.258 e. The fraction of sp³-hybridized carbons (Fsp3) is 0.382. The van der Waals surface area contributed by atoms with Crippen molar-refractivity contribution in [1.29, 1.82) is 0 Å². The summed E-state index contributed by atoms with van der Waals surface area (Å²) < 4.78 is 7.44. The molecule has 0 aliphatic heterocycles. The van der Waals surface area contributed by atoms with Crippen LogP contribution in [0.15, 0.2) is 71.7 Å². The lowest BCUT2D eigenvalue weighted by atomic mass is 10.2. The lowest BCUT2D eigenvalue weighted by Crippen LogP contribution is -2.43. The molecule has 0 saturated heterocycles. The molecule has 220 valence electrons. The van der Waals surface area contributed by atoms with E-state index in [0.29, 0.717) is 40.4 Å². The third-order valence-electron chi connectivity index (χ3n) is 7.97. The lowest BCUT2D eigenvalue weighted by Gasteiger charge is -2.38. The van der Waals surface area contributed by atoms with Crippen molar-refractivity contribution in [3.63, 3.8) is 0 Å². The molecule has 0 spiro atoms. The van der Waals surface area contributed by atoms with Crippen LogP contribution in [0.4, 0.5) is 11.6 Å². The molecular weight excluding hydrogens is 538 g/mol. The van der Waals surface area contributed by atoms with E-state index >= 15 is 0 Å². The van der Waals surface area contributed by atoms with E-state index in [4.69, 9.17) is 9.72 Å². The second-order valence-corrected chi connectivity index (χ2v) is 17.5. The molecular formula is C34H43N5O2Si. The molecule has 7 nitrogen and oxygen atoms in total. The first-order chi connectivity index (χ1) is 20.0. The summed E-state index contributed by atoms with van der Waals surface area (Å²) in [5.74, 6) is 4.67. The van der Waals surface area contributed by atoms with E-state index in [1.54, 1.807) is 16.8 Å². The van der Waals surface area contributed by atoms with Gasteiger partial charge >= 0.3 is 0 Å². The second-order valence-electron chi connectivity index (χ2n) is 11.9. The van der Waals surface area contributed by atoms with Crippen LogP contribution in [-0.2, 0) is 0 Å². The number of likely N-dealkylation sites (N-methyl/N-ethyl adjacent to an activating group) is 1. The normalized spacial score (nSPS) is 11.8. The minimum absolute atomic E-state index is 0.173. The third kappa shape index (κ3) is 6.75. The predicted octanol–water partition coefficient (Wildman–Crippen LogP) is 7.03. The molecule has 0 bridgehead atoms. The largest absolute Gasteiger partial charge is 0.492 e. The molecule has 0 aliphatic carbocycles. The molecule has 0 radical (unpaired) electrons. The zero-order valence-corrected chi connectivity index (χ0v) is 27.1. The van der Waals surface area contributed by atoms with Crippen molar-refractivity contribution in [3.05, 3.63) is 82.8 Å². The lowest BCUT2D eigenvalue weighted by molar-refractivity contribution is 0.261. The first-order valence-corrected chi connectivity index (χ1v) is 16.9. The van der Waals surface area contributed by atoms with Gasteiger partial charge in [0.1, 0.15) is 20.4 Å². The Hall–Kier alpha value is -3.93. The number of para-hydroxylation sites is 1. The van der Waals surface area contributed by atoms with E-state index in [2.05, 4.69) is 68.2 Å². The SMILES string of the molecule is CC(C)[Si](C#Cc1cc(=O)n(-c2ccccc2)c2nc(Nc3ccc(OCCN(C)C)cc3)ncc12)(C(C)C)C(C)C. The van der Waals surface area contributed by atoms with Gasteiger partial charge < -0.3 is 15.0 Å². The molecule has 2 aromatic heterocycles. The van der Waals surface area contributed by atoms with Gasteiger partial charge in [-0.2, -0.15) is 4.98 Å². The summed E-state index contributed by atoms with van der Waals surface area (Å²) in [6.45, 7) is 15.2. The predicted molar refractivity (Wildman–Crippen MR) is 177 cm³/mol. The molecule has 4 aromatic rings. The van der Waals surface area contributed by atoms with Crippen LogP contribution < -0.4 is 15.6 Å². The van der Waals surface area contributed by atoms with Crippen LogP contribution in [0.5, 0.6) is 5.75 Å². The number of anilines is 2. The number of hydrogen-bond acceptors (Lipinski definition) is 6. The minimum Gasteiger partial charge on any atom is -0.492 e. The zero-order valence-electron chi connectivity index (χ0n) is 26.1. The Morgan fingerprint density at radius 2 is 1.60 bits per heavy atom. The number of fused-ring (bicyclic) bond motifs is 1. The highest BCUT2D eigenvalue weighted by atomic mass is 28.3. The summed E-state index contributed by atoms with van der Waals surface area (Å²) in [6, 6.07) is 18.9. The van der Waals surface area contributed by atoms with Gasteiger partial charge in [0.2, 0.25) is 5.95 Å². The summed E-state index contributed by atoms with van der Waals surface area (Å²) >= 11 is 0. The molecule has 0 atom stereocenters. The van der Waals surface area contributed by atoms with Crippen molar-refractivity contribution in [2.24, 2.45) is 0 Å². The minimum atomic E-state index is -2.01. The summed E-state index contributed by atoms with van der Waals surface area (Å²) in [5.41, 5.74) is 7.79. The zero-order chi connectivity index (χ0) is 30.4. The number of pyridine rings is 1. The number of rotatable bonds is 10. The van der Waals surface area contributed by atoms with E-state index in [9.17, 15) is 4.79 Å². The highest BCUT2D eigenvalue weighted by molar-refractivity contribution is 6.90. The van der Waals surface area contributed by atoms with E-state index in [1.807, 2.05) is 68.7 Å². The van der Waals surface area contributed by atoms with Gasteiger partial charge in [-0.15, -0.1) is 5.54 Å². The summed E-state index contributed by atoms with van der Waals surface area (Å²) in [6.07, 6.45) is 1.77. The standard InChI is InChI=1S/C34H43N5O2Si/c1-24(2)42(25(3)4,26(5)6)21-18-27-22-32(40)39(29-12-10-9-11-13-29)33-31(27)23-35-34(37-33)36-28-14-16-30(17-15-28)41-20-19-38(7)8/h9-17,22-26H,19-20H2,1-8H3,(H,35,36,37). The van der Waals surface area contributed by atoms with Gasteiger partial charge in [-0.25, -0.2) is 4.98 Å². The van der Waals surface area contributed by atoms with Crippen LogP contribution in [0.2, 0.25) is 16.6 Å². The molecule has 0 saturated carbocycles. The van der Waals surface area contributed by atoms with Gasteiger partial charge in [0, 0.05) is 30.1 Å². The number of nitrogens with zero attached hydrogens (tertiary/aromatic N) is 4. The molecule has 2 heterocycles. The van der Waals surface area contributed by atoms with Crippen molar-refractivity contribution in [2.45, 2.75) is 58.2 Å². The first-order valence-electron chi connectivity index (χ1n) is 14.7. The van der Waals surface area contributed by atoms with Crippen molar-refractivity contribution in [1.82, 2.24) is 19.4 Å². The molecule has 8 heteroatoms. The topological polar surface area (TPSA) is 72.3 Å². The smallest absolute Gasteiger partial charge is 0.258 e. The Kier molecular flexibility index (Phi) is 9.87. The monoisotopic (exact) mass is 581 g/mol. The van der Waals surface area contributed by atoms with Crippen molar-refractivity contribution >= 4 is 30.7 Å². The quantitative estimate of drug-likeness (QED) is 0.160. The summed E-state index contributed by atoms with van der Waals surface area (Å²) in [5, 5.41) is 4.04. The number of benzene rings is 2. The maximum atomic E-state index is 13.6. The van der Waals surface area contributed by atoms with E-state index in [-0.39, 0.29) is 5.56 Å². The van der Waals surface area contributed by atoms with Crippen LogP contribution in [0.25, 0.3) is 16.7 Å². The fourth-order valence-corrected chi connectivity index (χ4v) is 11.0. The Labute approximate surface area is 251 Å². The van der Waals surface area contributed by atoms with E-state index in [1.165, 1.54) is 0 Å². The average Bonchev–Trinajstić information content (AvgIpc) is 2.94. The Bertz CT molecular complexity index is 1600. The number of ether oxygens (including phenoxy) is 1. The van der Waals surface area contributed by atoms with Gasteiger partial charge in [0.25, 0.3) is 5.56 Å². The van der Waals surface area contributed by atoms with Gasteiger partial charge in [-0.05, 0) is 67.1 Å². The van der Waals surface area contributed by atoms with E-state index in [0.717, 1.165) is 29.1 Å². The van der Waals surface area contributed by atoms with Crippen LogP contribution in [0.3, 0.4) is 0 Å². The van der Waals surface area contributed by atoms with E-state index < -0.39 is 8.07 Å². The Morgan fingerprint density at radius 3 is 2.19 bits per heavy atom. The van der Waals surface area contributed by atoms with Gasteiger partial charge in [-0.1, -0.05) is 65.7 Å². The molecule has 0 amide bonds. The molecule has 4 rings (SSSR count). The van der Waals surface area contributed by atoms with Gasteiger partial charge in [0.15, 0.2) is 5.65 Å². The second kappa shape index (κ2) is 13.4. The van der Waals surface area contributed by atoms with Crippen LogP contribution in [0, 0.1) is 11.5 Å². The average molecular weight is 582 g/mol. The fourth-order valence-electron chi connectivity index (χ4n) is 5.81. The summed E-state index contributed by atoms with van der Waals surface area (Å²) in [7, 11) is 2.03. The number of hydrogen-bond donors (Lipinski definition) is 1. The summed E-state index contributed by atoms with van der Waals surface area (Å²) in [4.78, 5) is 25.2. The molecule has 42 heavy (non-hydrogen) atoms. The molecule has 2 aromatic carbocycles. The molecule has 0 aliphatic rings. The Balaban J connectivity index is 1.78. The van der Waals surface area contributed by atoms with Crippen molar-refractivity contribution in [3.8, 4) is 22.9 Å². The molecule has 0 unspecified atom stereocenters. The first kappa shape index (κ1) is 31.0. The third-order valence-corrected chi connectivity index (χ3v) is 14.3.